The fourth-order valence-corrected chi connectivity index (χ4v) is 2.40. The van der Waals surface area contributed by atoms with Crippen LogP contribution in [0.5, 0.6) is 0 Å². The SMILES string of the molecule is CC1CCC(C2CNC2)CC1. The van der Waals surface area contributed by atoms with Crippen molar-refractivity contribution in [2.45, 2.75) is 32.6 Å². The average molecular weight is 153 g/mol. The maximum absolute atomic E-state index is 3.37. The molecular formula is C10H19N. The molecule has 2 aliphatic rings. The van der Waals surface area contributed by atoms with Crippen LogP contribution in [0.15, 0.2) is 0 Å². The largest absolute Gasteiger partial charge is 0.316 e. The van der Waals surface area contributed by atoms with Crippen LogP contribution in [-0.4, -0.2) is 13.1 Å². The van der Waals surface area contributed by atoms with Gasteiger partial charge in [0.25, 0.3) is 0 Å². The molecule has 0 bridgehead atoms. The van der Waals surface area contributed by atoms with Gasteiger partial charge in [-0.1, -0.05) is 19.8 Å². The molecular weight excluding hydrogens is 134 g/mol. The normalized spacial score (nSPS) is 40.1. The minimum Gasteiger partial charge on any atom is -0.316 e. The van der Waals surface area contributed by atoms with Crippen molar-refractivity contribution in [1.29, 1.82) is 0 Å². The van der Waals surface area contributed by atoms with Gasteiger partial charge >= 0.3 is 0 Å². The van der Waals surface area contributed by atoms with Gasteiger partial charge in [-0.2, -0.15) is 0 Å². The van der Waals surface area contributed by atoms with E-state index in [1.165, 1.54) is 38.8 Å². The summed E-state index contributed by atoms with van der Waals surface area (Å²) in [4.78, 5) is 0. The van der Waals surface area contributed by atoms with Gasteiger partial charge in [-0.05, 0) is 43.7 Å². The van der Waals surface area contributed by atoms with Gasteiger partial charge in [0, 0.05) is 0 Å². The second-order valence-electron chi connectivity index (χ2n) is 4.44. The zero-order valence-electron chi connectivity index (χ0n) is 7.47. The summed E-state index contributed by atoms with van der Waals surface area (Å²) in [6.45, 7) is 5.01. The van der Waals surface area contributed by atoms with Crippen molar-refractivity contribution in [3.63, 3.8) is 0 Å². The van der Waals surface area contributed by atoms with E-state index in [0.29, 0.717) is 0 Å². The Labute approximate surface area is 69.6 Å². The minimum absolute atomic E-state index is 1.01. The van der Waals surface area contributed by atoms with Crippen LogP contribution >= 0.6 is 0 Å². The van der Waals surface area contributed by atoms with Gasteiger partial charge < -0.3 is 5.32 Å². The van der Waals surface area contributed by atoms with E-state index in [4.69, 9.17) is 0 Å². The number of hydrogen-bond acceptors (Lipinski definition) is 1. The van der Waals surface area contributed by atoms with E-state index in [9.17, 15) is 0 Å². The van der Waals surface area contributed by atoms with E-state index in [0.717, 1.165) is 17.8 Å². The topological polar surface area (TPSA) is 12.0 Å². The smallest absolute Gasteiger partial charge is 0.000559 e. The van der Waals surface area contributed by atoms with Gasteiger partial charge in [-0.25, -0.2) is 0 Å². The zero-order valence-corrected chi connectivity index (χ0v) is 7.47. The molecule has 1 aliphatic carbocycles. The summed E-state index contributed by atoms with van der Waals surface area (Å²) in [5.41, 5.74) is 0. The van der Waals surface area contributed by atoms with Gasteiger partial charge in [-0.3, -0.25) is 0 Å². The van der Waals surface area contributed by atoms with E-state index in [1.807, 2.05) is 0 Å². The lowest BCUT2D eigenvalue weighted by atomic mass is 9.74. The summed E-state index contributed by atoms with van der Waals surface area (Å²) in [5, 5.41) is 3.37. The molecule has 1 N–H and O–H groups in total. The van der Waals surface area contributed by atoms with Crippen molar-refractivity contribution < 1.29 is 0 Å². The Balaban J connectivity index is 1.77. The molecule has 1 heterocycles. The highest BCUT2D eigenvalue weighted by molar-refractivity contribution is 4.84. The Morgan fingerprint density at radius 3 is 2.00 bits per heavy atom. The van der Waals surface area contributed by atoms with E-state index in [-0.39, 0.29) is 0 Å². The Bertz CT molecular complexity index is 121. The third-order valence-corrected chi connectivity index (χ3v) is 3.54. The molecule has 1 saturated carbocycles. The van der Waals surface area contributed by atoms with Crippen molar-refractivity contribution >= 4 is 0 Å². The number of rotatable bonds is 1. The Hall–Kier alpha value is -0.0400. The van der Waals surface area contributed by atoms with Crippen LogP contribution in [0.4, 0.5) is 0 Å². The fraction of sp³-hybridized carbons (Fsp3) is 1.00. The first-order valence-corrected chi connectivity index (χ1v) is 5.07. The summed E-state index contributed by atoms with van der Waals surface area (Å²) >= 11 is 0. The minimum atomic E-state index is 1.01. The quantitative estimate of drug-likeness (QED) is 0.608. The Morgan fingerprint density at radius 2 is 1.55 bits per heavy atom. The van der Waals surface area contributed by atoms with Crippen molar-refractivity contribution in [2.75, 3.05) is 13.1 Å². The van der Waals surface area contributed by atoms with Crippen molar-refractivity contribution in [1.82, 2.24) is 5.32 Å². The van der Waals surface area contributed by atoms with E-state index < -0.39 is 0 Å². The highest BCUT2D eigenvalue weighted by Crippen LogP contribution is 2.34. The lowest BCUT2D eigenvalue weighted by Gasteiger charge is -2.38. The molecule has 0 aromatic heterocycles. The van der Waals surface area contributed by atoms with Crippen molar-refractivity contribution in [3.05, 3.63) is 0 Å². The maximum Gasteiger partial charge on any atom is -0.000559 e. The number of hydrogen-bond donors (Lipinski definition) is 1. The van der Waals surface area contributed by atoms with E-state index in [1.54, 1.807) is 0 Å². The molecule has 0 amide bonds. The first kappa shape index (κ1) is 7.60. The summed E-state index contributed by atoms with van der Waals surface area (Å²) in [6, 6.07) is 0. The molecule has 0 aromatic carbocycles. The molecule has 1 heteroatoms. The highest BCUT2D eigenvalue weighted by atomic mass is 14.9. The summed E-state index contributed by atoms with van der Waals surface area (Å²) in [7, 11) is 0. The first-order chi connectivity index (χ1) is 5.36. The average Bonchev–Trinajstić information content (AvgIpc) is 1.90. The predicted molar refractivity (Wildman–Crippen MR) is 47.5 cm³/mol. The molecule has 1 nitrogen and oxygen atoms in total. The van der Waals surface area contributed by atoms with Crippen LogP contribution in [0.2, 0.25) is 0 Å². The molecule has 1 saturated heterocycles. The third-order valence-electron chi connectivity index (χ3n) is 3.54. The number of nitrogens with one attached hydrogen (secondary N) is 1. The van der Waals surface area contributed by atoms with Crippen LogP contribution in [0.25, 0.3) is 0 Å². The Kier molecular flexibility index (Phi) is 2.17. The molecule has 0 aromatic rings. The maximum atomic E-state index is 3.37. The van der Waals surface area contributed by atoms with E-state index >= 15 is 0 Å². The molecule has 64 valence electrons. The molecule has 0 spiro atoms. The van der Waals surface area contributed by atoms with Crippen LogP contribution in [0, 0.1) is 17.8 Å². The van der Waals surface area contributed by atoms with E-state index in [2.05, 4.69) is 12.2 Å². The molecule has 0 radical (unpaired) electrons. The van der Waals surface area contributed by atoms with Crippen LogP contribution in [0.1, 0.15) is 32.6 Å². The van der Waals surface area contributed by atoms with Gasteiger partial charge in [0.15, 0.2) is 0 Å². The molecule has 2 rings (SSSR count). The molecule has 11 heavy (non-hydrogen) atoms. The second kappa shape index (κ2) is 3.14. The zero-order chi connectivity index (χ0) is 7.68. The monoisotopic (exact) mass is 153 g/mol. The standard InChI is InChI=1S/C10H19N/c1-8-2-4-9(5-3-8)10-6-11-7-10/h8-11H,2-7H2,1H3. The van der Waals surface area contributed by atoms with Gasteiger partial charge in [0.2, 0.25) is 0 Å². The predicted octanol–water partition coefficient (Wildman–Crippen LogP) is 2.03. The molecule has 0 atom stereocenters. The fourth-order valence-electron chi connectivity index (χ4n) is 2.40. The van der Waals surface area contributed by atoms with Crippen LogP contribution < -0.4 is 5.32 Å². The van der Waals surface area contributed by atoms with Crippen molar-refractivity contribution in [2.24, 2.45) is 17.8 Å². The molecule has 2 fully saturated rings. The van der Waals surface area contributed by atoms with Crippen LogP contribution in [0.3, 0.4) is 0 Å². The third kappa shape index (κ3) is 1.58. The lowest BCUT2D eigenvalue weighted by Crippen LogP contribution is -2.46. The molecule has 1 aliphatic heterocycles. The summed E-state index contributed by atoms with van der Waals surface area (Å²) in [5.74, 6) is 3.13. The van der Waals surface area contributed by atoms with Gasteiger partial charge in [0.05, 0.1) is 0 Å². The van der Waals surface area contributed by atoms with Gasteiger partial charge in [-0.15, -0.1) is 0 Å². The summed E-state index contributed by atoms with van der Waals surface area (Å²) < 4.78 is 0. The van der Waals surface area contributed by atoms with Crippen molar-refractivity contribution in [3.8, 4) is 0 Å². The van der Waals surface area contributed by atoms with Gasteiger partial charge in [0.1, 0.15) is 0 Å². The second-order valence-corrected chi connectivity index (χ2v) is 4.44. The highest BCUT2D eigenvalue weighted by Gasteiger charge is 2.29. The summed E-state index contributed by atoms with van der Waals surface area (Å²) in [6.07, 6.45) is 5.99. The lowest BCUT2D eigenvalue weighted by molar-refractivity contribution is 0.162. The molecule has 0 unspecified atom stereocenters. The first-order valence-electron chi connectivity index (χ1n) is 5.07. The van der Waals surface area contributed by atoms with Crippen LogP contribution in [-0.2, 0) is 0 Å². The Morgan fingerprint density at radius 1 is 0.909 bits per heavy atom.